The predicted molar refractivity (Wildman–Crippen MR) is 120 cm³/mol. The fourth-order valence-corrected chi connectivity index (χ4v) is 4.21. The molecular formula is C26H28N3O2+. The Morgan fingerprint density at radius 1 is 0.806 bits per heavy atom. The van der Waals surface area contributed by atoms with Crippen LogP contribution in [0.25, 0.3) is 0 Å². The van der Waals surface area contributed by atoms with E-state index >= 15 is 0 Å². The third kappa shape index (κ3) is 4.37. The van der Waals surface area contributed by atoms with Crippen molar-refractivity contribution in [3.05, 3.63) is 108 Å². The topological polar surface area (TPSA) is 53.9 Å². The molecule has 3 aromatic carbocycles. The van der Waals surface area contributed by atoms with Crippen molar-refractivity contribution in [3.8, 4) is 0 Å². The summed E-state index contributed by atoms with van der Waals surface area (Å²) in [5.41, 5.74) is 1.90. The Bertz CT molecular complexity index is 1020. The highest BCUT2D eigenvalue weighted by Gasteiger charge is 2.53. The van der Waals surface area contributed by atoms with Crippen LogP contribution in [0.3, 0.4) is 0 Å². The van der Waals surface area contributed by atoms with Gasteiger partial charge in [0.25, 0.3) is 5.91 Å². The number of imide groups is 1. The van der Waals surface area contributed by atoms with Crippen molar-refractivity contribution >= 4 is 11.9 Å². The lowest BCUT2D eigenvalue weighted by Gasteiger charge is -2.28. The largest absolute Gasteiger partial charge is 0.329 e. The van der Waals surface area contributed by atoms with Gasteiger partial charge in [-0.15, -0.1) is 0 Å². The molecule has 2 atom stereocenters. The van der Waals surface area contributed by atoms with Crippen molar-refractivity contribution in [2.75, 3.05) is 13.2 Å². The fraction of sp³-hybridized carbons (Fsp3) is 0.231. The monoisotopic (exact) mass is 414 g/mol. The highest BCUT2D eigenvalue weighted by atomic mass is 16.2. The van der Waals surface area contributed by atoms with E-state index in [9.17, 15) is 9.59 Å². The molecular weight excluding hydrogens is 386 g/mol. The van der Waals surface area contributed by atoms with Gasteiger partial charge in [0.05, 0.1) is 6.54 Å². The van der Waals surface area contributed by atoms with E-state index in [1.54, 1.807) is 0 Å². The molecule has 1 saturated heterocycles. The molecule has 3 amide bonds. The van der Waals surface area contributed by atoms with E-state index in [1.165, 1.54) is 10.5 Å². The molecule has 1 fully saturated rings. The van der Waals surface area contributed by atoms with Crippen LogP contribution in [0.2, 0.25) is 0 Å². The van der Waals surface area contributed by atoms with Crippen LogP contribution in [0.4, 0.5) is 4.79 Å². The minimum Gasteiger partial charge on any atom is -0.319 e. The van der Waals surface area contributed by atoms with Gasteiger partial charge in [-0.3, -0.25) is 4.79 Å². The minimum absolute atomic E-state index is 0.188. The van der Waals surface area contributed by atoms with E-state index in [0.717, 1.165) is 29.1 Å². The number of urea groups is 1. The van der Waals surface area contributed by atoms with Gasteiger partial charge >= 0.3 is 6.03 Å². The van der Waals surface area contributed by atoms with Gasteiger partial charge in [0.2, 0.25) is 0 Å². The van der Waals surface area contributed by atoms with Gasteiger partial charge in [0.1, 0.15) is 6.54 Å². The number of quaternary nitrogens is 1. The maximum Gasteiger partial charge on any atom is 0.329 e. The molecule has 1 heterocycles. The van der Waals surface area contributed by atoms with Crippen LogP contribution in [0, 0.1) is 0 Å². The van der Waals surface area contributed by atoms with Crippen LogP contribution in [0.1, 0.15) is 23.6 Å². The van der Waals surface area contributed by atoms with Crippen LogP contribution >= 0.6 is 0 Å². The molecule has 3 aromatic rings. The average molecular weight is 415 g/mol. The number of carbonyl (C=O) groups excluding carboxylic acids is 2. The number of hydrogen-bond donors (Lipinski definition) is 2. The molecule has 0 bridgehead atoms. The number of amides is 3. The van der Waals surface area contributed by atoms with Crippen molar-refractivity contribution in [3.63, 3.8) is 0 Å². The average Bonchev–Trinajstić information content (AvgIpc) is 3.05. The second kappa shape index (κ2) is 9.14. The standard InChI is InChI=1S/C26H27N3O2/c1-2-28(19-22-14-8-4-9-15-22)20-29-24(30)26(27-25(29)31,23-16-10-5-11-17-23)18-21-12-6-3-7-13-21/h3-17H,2,18-20H2,1H3,(H,27,31)/p+1/t26-/m1/s1. The zero-order valence-corrected chi connectivity index (χ0v) is 17.8. The van der Waals surface area contributed by atoms with Crippen molar-refractivity contribution < 1.29 is 14.5 Å². The van der Waals surface area contributed by atoms with Crippen LogP contribution < -0.4 is 10.2 Å². The molecule has 0 spiro atoms. The fourth-order valence-electron chi connectivity index (χ4n) is 4.21. The highest BCUT2D eigenvalue weighted by molar-refractivity contribution is 6.07. The SMILES string of the molecule is CC[NH+](Cc1ccccc1)CN1C(=O)N[C@](Cc2ccccc2)(c2ccccc2)C1=O. The number of rotatable bonds is 8. The van der Waals surface area contributed by atoms with E-state index in [0.29, 0.717) is 13.1 Å². The van der Waals surface area contributed by atoms with Gasteiger partial charge in [-0.05, 0) is 18.1 Å². The number of benzene rings is 3. The smallest absolute Gasteiger partial charge is 0.319 e. The lowest BCUT2D eigenvalue weighted by molar-refractivity contribution is -0.919. The molecule has 0 aromatic heterocycles. The Labute approximate surface area is 183 Å². The molecule has 158 valence electrons. The normalized spacial score (nSPS) is 19.3. The summed E-state index contributed by atoms with van der Waals surface area (Å²) in [5, 5.41) is 3.05. The minimum atomic E-state index is -1.09. The van der Waals surface area contributed by atoms with E-state index in [2.05, 4.69) is 24.4 Å². The molecule has 1 aliphatic heterocycles. The predicted octanol–water partition coefficient (Wildman–Crippen LogP) is 2.74. The summed E-state index contributed by atoms with van der Waals surface area (Å²) in [6, 6.07) is 29.2. The molecule has 4 rings (SSSR count). The van der Waals surface area contributed by atoms with E-state index in [1.807, 2.05) is 78.9 Å². The Balaban J connectivity index is 1.62. The zero-order chi connectivity index (χ0) is 21.7. The van der Waals surface area contributed by atoms with Gasteiger partial charge in [-0.1, -0.05) is 91.0 Å². The Kier molecular flexibility index (Phi) is 6.14. The first-order chi connectivity index (χ1) is 15.1. The van der Waals surface area contributed by atoms with Gasteiger partial charge < -0.3 is 10.2 Å². The lowest BCUT2D eigenvalue weighted by Crippen LogP contribution is -3.12. The maximum absolute atomic E-state index is 13.8. The van der Waals surface area contributed by atoms with Crippen LogP contribution in [0.5, 0.6) is 0 Å². The first-order valence-electron chi connectivity index (χ1n) is 10.7. The summed E-state index contributed by atoms with van der Waals surface area (Å²) in [5.74, 6) is -0.188. The second-order valence-corrected chi connectivity index (χ2v) is 8.02. The highest BCUT2D eigenvalue weighted by Crippen LogP contribution is 2.32. The Hall–Kier alpha value is -3.44. The number of nitrogens with zero attached hydrogens (tertiary/aromatic N) is 1. The Morgan fingerprint density at radius 3 is 1.94 bits per heavy atom. The molecule has 5 heteroatoms. The van der Waals surface area contributed by atoms with Crippen LogP contribution in [-0.2, 0) is 23.3 Å². The second-order valence-electron chi connectivity index (χ2n) is 8.02. The summed E-state index contributed by atoms with van der Waals surface area (Å²) in [4.78, 5) is 29.4. The molecule has 1 aliphatic rings. The summed E-state index contributed by atoms with van der Waals surface area (Å²) in [6.07, 6.45) is 0.416. The summed E-state index contributed by atoms with van der Waals surface area (Å²) in [6.45, 7) is 3.97. The maximum atomic E-state index is 13.8. The van der Waals surface area contributed by atoms with Gasteiger partial charge in [-0.25, -0.2) is 9.69 Å². The number of hydrogen-bond acceptors (Lipinski definition) is 2. The lowest BCUT2D eigenvalue weighted by atomic mass is 9.83. The molecule has 2 N–H and O–H groups in total. The molecule has 0 radical (unpaired) electrons. The summed E-state index contributed by atoms with van der Waals surface area (Å²) >= 11 is 0. The molecule has 0 saturated carbocycles. The van der Waals surface area contributed by atoms with E-state index < -0.39 is 5.54 Å². The number of nitrogens with one attached hydrogen (secondary N) is 2. The Morgan fingerprint density at radius 2 is 1.35 bits per heavy atom. The summed E-state index contributed by atoms with van der Waals surface area (Å²) < 4.78 is 0. The van der Waals surface area contributed by atoms with Gasteiger partial charge in [0, 0.05) is 12.0 Å². The van der Waals surface area contributed by atoms with Crippen molar-refractivity contribution in [1.82, 2.24) is 10.2 Å². The summed E-state index contributed by atoms with van der Waals surface area (Å²) in [7, 11) is 0. The van der Waals surface area contributed by atoms with Gasteiger partial charge in [-0.2, -0.15) is 0 Å². The van der Waals surface area contributed by atoms with Crippen molar-refractivity contribution in [2.24, 2.45) is 0 Å². The molecule has 5 nitrogen and oxygen atoms in total. The van der Waals surface area contributed by atoms with Gasteiger partial charge in [0.15, 0.2) is 12.2 Å². The molecule has 1 unspecified atom stereocenters. The zero-order valence-electron chi connectivity index (χ0n) is 17.8. The third-order valence-corrected chi connectivity index (χ3v) is 5.93. The van der Waals surface area contributed by atoms with Crippen LogP contribution in [0.15, 0.2) is 91.0 Å². The van der Waals surface area contributed by atoms with Crippen molar-refractivity contribution in [2.45, 2.75) is 25.4 Å². The number of carbonyl (C=O) groups is 2. The van der Waals surface area contributed by atoms with Crippen LogP contribution in [-0.4, -0.2) is 30.1 Å². The third-order valence-electron chi connectivity index (χ3n) is 5.93. The van der Waals surface area contributed by atoms with E-state index in [4.69, 9.17) is 0 Å². The van der Waals surface area contributed by atoms with Crippen molar-refractivity contribution in [1.29, 1.82) is 0 Å². The quantitative estimate of drug-likeness (QED) is 0.557. The first-order valence-corrected chi connectivity index (χ1v) is 10.7. The first kappa shape index (κ1) is 20.8. The van der Waals surface area contributed by atoms with E-state index in [-0.39, 0.29) is 11.9 Å². The molecule has 31 heavy (non-hydrogen) atoms. The molecule has 0 aliphatic carbocycles.